The first-order valence-electron chi connectivity index (χ1n) is 10.8. The van der Waals surface area contributed by atoms with Crippen LogP contribution >= 0.6 is 0 Å². The summed E-state index contributed by atoms with van der Waals surface area (Å²) >= 11 is 0. The number of carbonyl (C=O) groups is 1. The Morgan fingerprint density at radius 2 is 1.89 bits per heavy atom. The predicted octanol–water partition coefficient (Wildman–Crippen LogP) is 3.91. The predicted molar refractivity (Wildman–Crippen MR) is 111 cm³/mol. The molecule has 2 saturated heterocycles. The van der Waals surface area contributed by atoms with Crippen molar-refractivity contribution in [1.29, 1.82) is 0 Å². The second-order valence-corrected chi connectivity index (χ2v) is 8.33. The van der Waals surface area contributed by atoms with Crippen LogP contribution in [-0.4, -0.2) is 44.3 Å². The number of carbonyl (C=O) groups excluding carboxylic acids is 1. The first-order chi connectivity index (χ1) is 13.7. The number of aryl methyl sites for hydroxylation is 1. The van der Waals surface area contributed by atoms with E-state index in [1.165, 1.54) is 12.0 Å². The Morgan fingerprint density at radius 1 is 1.11 bits per heavy atom. The molecule has 150 valence electrons. The average Bonchev–Trinajstić information content (AvgIpc) is 3.33. The number of likely N-dealkylation sites (tertiary alicyclic amines) is 2. The van der Waals surface area contributed by atoms with Gasteiger partial charge in [-0.3, -0.25) is 9.69 Å². The molecular weight excluding hydrogens is 348 g/mol. The molecule has 1 spiro atoms. The maximum Gasteiger partial charge on any atom is 0.243 e. The molecule has 0 radical (unpaired) electrons. The third-order valence-electron chi connectivity index (χ3n) is 6.35. The Morgan fingerprint density at radius 3 is 2.68 bits per heavy atom. The zero-order chi connectivity index (χ0) is 19.4. The molecule has 1 N–H and O–H groups in total. The lowest BCUT2D eigenvalue weighted by Gasteiger charge is -2.44. The number of aromatic nitrogens is 2. The van der Waals surface area contributed by atoms with Gasteiger partial charge in [0.25, 0.3) is 0 Å². The Kier molecular flexibility index (Phi) is 5.81. The molecule has 1 aromatic carbocycles. The van der Waals surface area contributed by atoms with Crippen LogP contribution in [-0.2, 0) is 24.3 Å². The minimum absolute atomic E-state index is 0.318. The summed E-state index contributed by atoms with van der Waals surface area (Å²) in [4.78, 5) is 26.1. The molecule has 1 amide bonds. The maximum absolute atomic E-state index is 13.6. The topological polar surface area (TPSA) is 52.2 Å². The van der Waals surface area contributed by atoms with Gasteiger partial charge in [0.15, 0.2) is 0 Å². The summed E-state index contributed by atoms with van der Waals surface area (Å²) < 4.78 is 0. The Hall–Kier alpha value is -2.14. The van der Waals surface area contributed by atoms with Crippen LogP contribution in [0.2, 0.25) is 0 Å². The van der Waals surface area contributed by atoms with Crippen LogP contribution in [0.1, 0.15) is 62.5 Å². The molecule has 1 aromatic heterocycles. The van der Waals surface area contributed by atoms with E-state index in [9.17, 15) is 4.79 Å². The van der Waals surface area contributed by atoms with Crippen molar-refractivity contribution >= 4 is 5.91 Å². The number of H-pyrrole nitrogens is 1. The van der Waals surface area contributed by atoms with Crippen LogP contribution in [0.4, 0.5) is 0 Å². The van der Waals surface area contributed by atoms with Crippen molar-refractivity contribution in [3.05, 3.63) is 53.6 Å². The van der Waals surface area contributed by atoms with Gasteiger partial charge in [0.1, 0.15) is 11.4 Å². The standard InChI is InChI=1S/C23H32N4O/c1-2-3-11-21-24-16-20(25-21)18-27-15-8-13-23(27)12-7-14-26(22(23)28)17-19-9-5-4-6-10-19/h4-6,9-10,16H,2-3,7-8,11-15,17-18H2,1H3,(H,24,25). The summed E-state index contributed by atoms with van der Waals surface area (Å²) in [6, 6.07) is 10.4. The number of nitrogens with zero attached hydrogens (tertiary/aromatic N) is 3. The summed E-state index contributed by atoms with van der Waals surface area (Å²) in [6.07, 6.45) is 9.45. The molecular formula is C23H32N4O. The number of imidazole rings is 1. The highest BCUT2D eigenvalue weighted by atomic mass is 16.2. The number of unbranched alkanes of at least 4 members (excludes halogenated alkanes) is 1. The van der Waals surface area contributed by atoms with Crippen molar-refractivity contribution in [2.45, 2.75) is 70.5 Å². The molecule has 2 aliphatic rings. The Balaban J connectivity index is 1.47. The minimum Gasteiger partial charge on any atom is -0.345 e. The van der Waals surface area contributed by atoms with Gasteiger partial charge in [0.2, 0.25) is 5.91 Å². The molecule has 2 aromatic rings. The van der Waals surface area contributed by atoms with E-state index in [0.29, 0.717) is 5.91 Å². The summed E-state index contributed by atoms with van der Waals surface area (Å²) in [6.45, 7) is 5.58. The molecule has 2 aliphatic heterocycles. The van der Waals surface area contributed by atoms with Gasteiger partial charge >= 0.3 is 0 Å². The van der Waals surface area contributed by atoms with Gasteiger partial charge < -0.3 is 9.88 Å². The second kappa shape index (κ2) is 8.48. The largest absolute Gasteiger partial charge is 0.345 e. The lowest BCUT2D eigenvalue weighted by atomic mass is 9.85. The molecule has 5 nitrogen and oxygen atoms in total. The fraction of sp³-hybridized carbons (Fsp3) is 0.565. The fourth-order valence-corrected chi connectivity index (χ4v) is 4.87. The molecule has 0 bridgehead atoms. The van der Waals surface area contributed by atoms with Gasteiger partial charge in [0.05, 0.1) is 0 Å². The number of nitrogens with one attached hydrogen (secondary N) is 1. The second-order valence-electron chi connectivity index (χ2n) is 8.33. The number of hydrogen-bond acceptors (Lipinski definition) is 3. The van der Waals surface area contributed by atoms with Gasteiger partial charge in [-0.1, -0.05) is 43.7 Å². The molecule has 1 unspecified atom stereocenters. The minimum atomic E-state index is -0.318. The summed E-state index contributed by atoms with van der Waals surface area (Å²) in [5.74, 6) is 1.40. The number of rotatable bonds is 7. The van der Waals surface area contributed by atoms with E-state index in [4.69, 9.17) is 0 Å². The Bertz CT molecular complexity index is 787. The zero-order valence-corrected chi connectivity index (χ0v) is 17.0. The first-order valence-corrected chi connectivity index (χ1v) is 10.8. The number of amides is 1. The van der Waals surface area contributed by atoms with E-state index in [-0.39, 0.29) is 5.54 Å². The number of piperidine rings is 1. The third kappa shape index (κ3) is 3.86. The van der Waals surface area contributed by atoms with Crippen molar-refractivity contribution in [1.82, 2.24) is 19.8 Å². The molecule has 0 aliphatic carbocycles. The normalized spacial score (nSPS) is 23.0. The molecule has 1 atom stereocenters. The smallest absolute Gasteiger partial charge is 0.243 e. The zero-order valence-electron chi connectivity index (χ0n) is 17.0. The van der Waals surface area contributed by atoms with E-state index >= 15 is 0 Å². The molecule has 5 heteroatoms. The SMILES string of the molecule is CCCCc1ncc(CN2CCCC23CCCN(Cc2ccccc2)C3=O)[nH]1. The van der Waals surface area contributed by atoms with E-state index in [1.807, 2.05) is 12.3 Å². The molecule has 2 fully saturated rings. The monoisotopic (exact) mass is 380 g/mol. The van der Waals surface area contributed by atoms with Gasteiger partial charge in [-0.2, -0.15) is 0 Å². The molecule has 3 heterocycles. The van der Waals surface area contributed by atoms with E-state index in [0.717, 1.165) is 76.2 Å². The van der Waals surface area contributed by atoms with Crippen LogP contribution in [0, 0.1) is 0 Å². The van der Waals surface area contributed by atoms with Crippen LogP contribution < -0.4 is 0 Å². The van der Waals surface area contributed by atoms with Gasteiger partial charge in [-0.25, -0.2) is 4.98 Å². The van der Waals surface area contributed by atoms with Crippen molar-refractivity contribution in [3.63, 3.8) is 0 Å². The van der Waals surface area contributed by atoms with Crippen LogP contribution in [0.15, 0.2) is 36.5 Å². The third-order valence-corrected chi connectivity index (χ3v) is 6.35. The highest BCUT2D eigenvalue weighted by Gasteiger charge is 2.50. The highest BCUT2D eigenvalue weighted by Crippen LogP contribution is 2.39. The Labute approximate surface area is 168 Å². The number of hydrogen-bond donors (Lipinski definition) is 1. The van der Waals surface area contributed by atoms with Gasteiger partial charge in [-0.15, -0.1) is 0 Å². The summed E-state index contributed by atoms with van der Waals surface area (Å²) in [7, 11) is 0. The lowest BCUT2D eigenvalue weighted by molar-refractivity contribution is -0.148. The van der Waals surface area contributed by atoms with E-state index in [2.05, 4.69) is 51.0 Å². The molecule has 4 rings (SSSR count). The summed E-state index contributed by atoms with van der Waals surface area (Å²) in [5.41, 5.74) is 2.04. The fourth-order valence-electron chi connectivity index (χ4n) is 4.87. The van der Waals surface area contributed by atoms with Crippen molar-refractivity contribution in [2.24, 2.45) is 0 Å². The highest BCUT2D eigenvalue weighted by molar-refractivity contribution is 5.87. The van der Waals surface area contributed by atoms with Gasteiger partial charge in [-0.05, 0) is 44.2 Å². The molecule has 28 heavy (non-hydrogen) atoms. The molecule has 0 saturated carbocycles. The lowest BCUT2D eigenvalue weighted by Crippen LogP contribution is -2.59. The number of aromatic amines is 1. The quantitative estimate of drug-likeness (QED) is 0.792. The van der Waals surface area contributed by atoms with Crippen molar-refractivity contribution in [3.8, 4) is 0 Å². The van der Waals surface area contributed by atoms with Crippen LogP contribution in [0.25, 0.3) is 0 Å². The van der Waals surface area contributed by atoms with E-state index < -0.39 is 0 Å². The van der Waals surface area contributed by atoms with Crippen molar-refractivity contribution in [2.75, 3.05) is 13.1 Å². The van der Waals surface area contributed by atoms with Crippen molar-refractivity contribution < 1.29 is 4.79 Å². The van der Waals surface area contributed by atoms with Crippen LogP contribution in [0.5, 0.6) is 0 Å². The van der Waals surface area contributed by atoms with Crippen LogP contribution in [0.3, 0.4) is 0 Å². The summed E-state index contributed by atoms with van der Waals surface area (Å²) in [5, 5.41) is 0. The van der Waals surface area contributed by atoms with E-state index in [1.54, 1.807) is 0 Å². The first kappa shape index (κ1) is 19.2. The van der Waals surface area contributed by atoms with Gasteiger partial charge in [0, 0.05) is 37.9 Å². The maximum atomic E-state index is 13.6. The average molecular weight is 381 g/mol. The number of benzene rings is 1.